The maximum Gasteiger partial charge on any atom is 0.254 e. The molecule has 1 amide bonds. The SMILES string of the molecule is Cc1nc(C23CC4CC(CC(C4)C2)C3)nc(N)c1C(N)=O. The predicted octanol–water partition coefficient (Wildman–Crippen LogP) is 1.93. The molecule has 4 bridgehead atoms. The molecule has 5 rings (SSSR count). The quantitative estimate of drug-likeness (QED) is 0.868. The number of hydrogen-bond acceptors (Lipinski definition) is 4. The highest BCUT2D eigenvalue weighted by Gasteiger charge is 2.53. The van der Waals surface area contributed by atoms with Crippen LogP contribution in [0.4, 0.5) is 5.82 Å². The fourth-order valence-electron chi connectivity index (χ4n) is 5.52. The highest BCUT2D eigenvalue weighted by Crippen LogP contribution is 2.60. The molecule has 0 spiro atoms. The van der Waals surface area contributed by atoms with E-state index in [1.807, 2.05) is 6.92 Å². The van der Waals surface area contributed by atoms with Crippen LogP contribution in [0.25, 0.3) is 0 Å². The van der Waals surface area contributed by atoms with Crippen LogP contribution in [0.3, 0.4) is 0 Å². The molecule has 0 saturated heterocycles. The molecule has 4 N–H and O–H groups in total. The Kier molecular flexibility index (Phi) is 2.60. The van der Waals surface area contributed by atoms with Gasteiger partial charge in [-0.3, -0.25) is 4.79 Å². The molecule has 0 aliphatic heterocycles. The zero-order chi connectivity index (χ0) is 14.8. The molecular weight excluding hydrogens is 264 g/mol. The summed E-state index contributed by atoms with van der Waals surface area (Å²) in [6.07, 6.45) is 7.71. The summed E-state index contributed by atoms with van der Waals surface area (Å²) in [7, 11) is 0. The smallest absolute Gasteiger partial charge is 0.254 e. The fraction of sp³-hybridized carbons (Fsp3) is 0.688. The molecule has 4 fully saturated rings. The van der Waals surface area contributed by atoms with Gasteiger partial charge in [0.15, 0.2) is 0 Å². The standard InChI is InChI=1S/C16H22N4O/c1-8-12(14(18)21)13(17)20-15(19-8)16-5-9-2-10(6-16)4-11(3-9)7-16/h9-11H,2-7H2,1H3,(H2,18,21)(H2,17,19,20). The van der Waals surface area contributed by atoms with Crippen LogP contribution in [0.15, 0.2) is 0 Å². The van der Waals surface area contributed by atoms with Crippen molar-refractivity contribution >= 4 is 11.7 Å². The van der Waals surface area contributed by atoms with E-state index in [1.165, 1.54) is 38.5 Å². The number of carbonyl (C=O) groups is 1. The normalized spacial score (nSPS) is 36.9. The first-order chi connectivity index (χ1) is 9.97. The third-order valence-electron chi connectivity index (χ3n) is 5.88. The molecule has 0 unspecified atom stereocenters. The number of nitrogens with two attached hydrogens (primary N) is 2. The number of aryl methyl sites for hydroxylation is 1. The third-order valence-corrected chi connectivity index (χ3v) is 5.88. The van der Waals surface area contributed by atoms with Gasteiger partial charge in [0.05, 0.1) is 5.69 Å². The van der Waals surface area contributed by atoms with Crippen molar-refractivity contribution in [2.24, 2.45) is 23.5 Å². The van der Waals surface area contributed by atoms with Gasteiger partial charge in [0.25, 0.3) is 5.91 Å². The van der Waals surface area contributed by atoms with Crippen molar-refractivity contribution in [3.8, 4) is 0 Å². The zero-order valence-electron chi connectivity index (χ0n) is 12.4. The molecule has 4 aliphatic rings. The molecule has 21 heavy (non-hydrogen) atoms. The predicted molar refractivity (Wildman–Crippen MR) is 79.5 cm³/mol. The summed E-state index contributed by atoms with van der Waals surface area (Å²) in [5.74, 6) is 3.07. The Balaban J connectivity index is 1.78. The first-order valence-electron chi connectivity index (χ1n) is 7.91. The molecule has 4 aliphatic carbocycles. The van der Waals surface area contributed by atoms with Crippen molar-refractivity contribution in [2.75, 3.05) is 5.73 Å². The Morgan fingerprint density at radius 1 is 1.10 bits per heavy atom. The first kappa shape index (κ1) is 13.0. The van der Waals surface area contributed by atoms with Crippen LogP contribution in [0.1, 0.15) is 60.4 Å². The van der Waals surface area contributed by atoms with Gasteiger partial charge < -0.3 is 11.5 Å². The Morgan fingerprint density at radius 2 is 1.62 bits per heavy atom. The summed E-state index contributed by atoms with van der Waals surface area (Å²) < 4.78 is 0. The number of carbonyl (C=O) groups excluding carboxylic acids is 1. The maximum absolute atomic E-state index is 11.5. The van der Waals surface area contributed by atoms with Crippen molar-refractivity contribution < 1.29 is 4.79 Å². The highest BCUT2D eigenvalue weighted by molar-refractivity contribution is 5.98. The van der Waals surface area contributed by atoms with E-state index in [0.717, 1.165) is 23.6 Å². The molecule has 1 aromatic rings. The first-order valence-corrected chi connectivity index (χ1v) is 7.91. The van der Waals surface area contributed by atoms with E-state index in [0.29, 0.717) is 5.69 Å². The van der Waals surface area contributed by atoms with Crippen LogP contribution >= 0.6 is 0 Å². The molecule has 5 heteroatoms. The van der Waals surface area contributed by atoms with E-state index in [-0.39, 0.29) is 16.8 Å². The summed E-state index contributed by atoms with van der Waals surface area (Å²) in [6.45, 7) is 1.81. The lowest BCUT2D eigenvalue weighted by Crippen LogP contribution is -2.49. The molecule has 0 atom stereocenters. The minimum Gasteiger partial charge on any atom is -0.383 e. The van der Waals surface area contributed by atoms with Gasteiger partial charge in [-0.15, -0.1) is 0 Å². The Hall–Kier alpha value is -1.65. The second kappa shape index (κ2) is 4.18. The number of anilines is 1. The lowest BCUT2D eigenvalue weighted by Gasteiger charge is -2.56. The van der Waals surface area contributed by atoms with Gasteiger partial charge in [-0.2, -0.15) is 0 Å². The number of hydrogen-bond donors (Lipinski definition) is 2. The summed E-state index contributed by atoms with van der Waals surface area (Å²) in [5.41, 5.74) is 12.4. The second-order valence-electron chi connectivity index (χ2n) is 7.46. The summed E-state index contributed by atoms with van der Waals surface area (Å²) in [6, 6.07) is 0. The van der Waals surface area contributed by atoms with Crippen LogP contribution in [0, 0.1) is 24.7 Å². The van der Waals surface area contributed by atoms with Gasteiger partial charge in [0.2, 0.25) is 0 Å². The third kappa shape index (κ3) is 1.86. The monoisotopic (exact) mass is 286 g/mol. The minimum atomic E-state index is -0.540. The van der Waals surface area contributed by atoms with Gasteiger partial charge in [-0.05, 0) is 63.2 Å². The van der Waals surface area contributed by atoms with Crippen LogP contribution in [0.5, 0.6) is 0 Å². The summed E-state index contributed by atoms with van der Waals surface area (Å²) in [5, 5.41) is 0. The Morgan fingerprint density at radius 3 is 2.05 bits per heavy atom. The number of nitrogens with zero attached hydrogens (tertiary/aromatic N) is 2. The van der Waals surface area contributed by atoms with Crippen molar-refractivity contribution in [1.29, 1.82) is 0 Å². The number of aromatic nitrogens is 2. The summed E-state index contributed by atoms with van der Waals surface area (Å²) in [4.78, 5) is 20.6. The van der Waals surface area contributed by atoms with E-state index in [2.05, 4.69) is 9.97 Å². The van der Waals surface area contributed by atoms with Crippen molar-refractivity contribution in [3.05, 3.63) is 17.1 Å². The number of nitrogen functional groups attached to an aromatic ring is 1. The van der Waals surface area contributed by atoms with Crippen LogP contribution < -0.4 is 11.5 Å². The van der Waals surface area contributed by atoms with Crippen LogP contribution in [-0.4, -0.2) is 15.9 Å². The molecule has 1 heterocycles. The van der Waals surface area contributed by atoms with Gasteiger partial charge in [-0.1, -0.05) is 0 Å². The lowest BCUT2D eigenvalue weighted by molar-refractivity contribution is -0.00942. The Labute approximate surface area is 124 Å². The lowest BCUT2D eigenvalue weighted by atomic mass is 9.49. The van der Waals surface area contributed by atoms with E-state index in [4.69, 9.17) is 11.5 Å². The number of primary amides is 1. The topological polar surface area (TPSA) is 94.9 Å². The van der Waals surface area contributed by atoms with E-state index >= 15 is 0 Å². The van der Waals surface area contributed by atoms with Crippen molar-refractivity contribution in [2.45, 2.75) is 50.9 Å². The largest absolute Gasteiger partial charge is 0.383 e. The molecule has 0 aromatic carbocycles. The average molecular weight is 286 g/mol. The van der Waals surface area contributed by atoms with Crippen LogP contribution in [0.2, 0.25) is 0 Å². The number of rotatable bonds is 2. The van der Waals surface area contributed by atoms with Gasteiger partial charge in [0.1, 0.15) is 17.2 Å². The number of amides is 1. The van der Waals surface area contributed by atoms with Crippen molar-refractivity contribution in [1.82, 2.24) is 9.97 Å². The molecule has 1 aromatic heterocycles. The highest BCUT2D eigenvalue weighted by atomic mass is 16.1. The molecular formula is C16H22N4O. The van der Waals surface area contributed by atoms with Crippen molar-refractivity contribution in [3.63, 3.8) is 0 Å². The van der Waals surface area contributed by atoms with E-state index < -0.39 is 5.91 Å². The minimum absolute atomic E-state index is 0.101. The maximum atomic E-state index is 11.5. The molecule has 112 valence electrons. The van der Waals surface area contributed by atoms with Crippen LogP contribution in [-0.2, 0) is 5.41 Å². The average Bonchev–Trinajstić information content (AvgIpc) is 2.35. The molecule has 5 nitrogen and oxygen atoms in total. The fourth-order valence-corrected chi connectivity index (χ4v) is 5.52. The Bertz CT molecular complexity index is 566. The van der Waals surface area contributed by atoms with E-state index in [1.54, 1.807) is 0 Å². The van der Waals surface area contributed by atoms with Gasteiger partial charge in [0, 0.05) is 5.41 Å². The van der Waals surface area contributed by atoms with Gasteiger partial charge in [-0.25, -0.2) is 9.97 Å². The van der Waals surface area contributed by atoms with E-state index in [9.17, 15) is 4.79 Å². The zero-order valence-corrected chi connectivity index (χ0v) is 12.4. The second-order valence-corrected chi connectivity index (χ2v) is 7.46. The van der Waals surface area contributed by atoms with Gasteiger partial charge >= 0.3 is 0 Å². The molecule has 4 saturated carbocycles. The summed E-state index contributed by atoms with van der Waals surface area (Å²) >= 11 is 0. The molecule has 0 radical (unpaired) electrons.